The number of carbonyl (C=O) groups is 1. The van der Waals surface area contributed by atoms with Gasteiger partial charge in [0.25, 0.3) is 5.91 Å². The fraction of sp³-hybridized carbons (Fsp3) is 0.474. The number of carbonyl (C=O) groups excluding carboxylic acids is 1. The maximum atomic E-state index is 13.1. The molecule has 0 aliphatic heterocycles. The van der Waals surface area contributed by atoms with Gasteiger partial charge in [-0.1, -0.05) is 5.16 Å². The van der Waals surface area contributed by atoms with Crippen LogP contribution in [0.2, 0.25) is 0 Å². The van der Waals surface area contributed by atoms with E-state index in [1.807, 2.05) is 34.6 Å². The second-order valence-electron chi connectivity index (χ2n) is 7.35. The molecule has 0 radical (unpaired) electrons. The van der Waals surface area contributed by atoms with Crippen LogP contribution < -0.4 is 10.2 Å². The van der Waals surface area contributed by atoms with Crippen molar-refractivity contribution in [1.29, 1.82) is 0 Å². The van der Waals surface area contributed by atoms with Crippen molar-refractivity contribution in [1.82, 2.24) is 10.5 Å². The highest BCUT2D eigenvalue weighted by molar-refractivity contribution is 5.77. The second-order valence-corrected chi connectivity index (χ2v) is 7.35. The summed E-state index contributed by atoms with van der Waals surface area (Å²) in [6.07, 6.45) is 0. The zero-order chi connectivity index (χ0) is 18.6. The molecule has 1 amide bonds. The predicted molar refractivity (Wildman–Crippen MR) is 94.6 cm³/mol. The summed E-state index contributed by atoms with van der Waals surface area (Å²) in [5, 5.41) is 7.14. The molecule has 1 atom stereocenters. The molecule has 2 N–H and O–H groups in total. The van der Waals surface area contributed by atoms with Gasteiger partial charge in [-0.25, -0.2) is 4.39 Å². The van der Waals surface area contributed by atoms with E-state index in [2.05, 4.69) is 10.5 Å². The van der Waals surface area contributed by atoms with Gasteiger partial charge >= 0.3 is 0 Å². The first-order valence-electron chi connectivity index (χ1n) is 8.55. The smallest absolute Gasteiger partial charge is 0.275 e. The third kappa shape index (κ3) is 5.39. The van der Waals surface area contributed by atoms with Gasteiger partial charge in [0, 0.05) is 16.7 Å². The van der Waals surface area contributed by atoms with Crippen molar-refractivity contribution in [3.63, 3.8) is 0 Å². The quantitative estimate of drug-likeness (QED) is 0.841. The summed E-state index contributed by atoms with van der Waals surface area (Å²) in [5.74, 6) is 0.376. The van der Waals surface area contributed by atoms with Crippen LogP contribution in [-0.2, 0) is 11.3 Å². The standard InChI is InChI=1S/C19H26FN3O2/c1-6-23(12-17(24)21-19(3,4)5)11-16-13(2)18(25-22-16)14-7-9-15(20)10-8-14/h7-10H,6,11-12H2,1-5H3,(H,21,24)/p+1. The lowest BCUT2D eigenvalue weighted by Gasteiger charge is -2.22. The molecule has 1 unspecified atom stereocenters. The SMILES string of the molecule is CC[NH+](CC(=O)NC(C)(C)C)Cc1noc(-c2ccc(F)cc2)c1C. The Labute approximate surface area is 148 Å². The van der Waals surface area contributed by atoms with Crippen molar-refractivity contribution in [3.8, 4) is 11.3 Å². The summed E-state index contributed by atoms with van der Waals surface area (Å²) in [5.41, 5.74) is 2.30. The molecule has 5 nitrogen and oxygen atoms in total. The van der Waals surface area contributed by atoms with Gasteiger partial charge in [-0.3, -0.25) is 4.79 Å². The Hall–Kier alpha value is -2.21. The van der Waals surface area contributed by atoms with Crippen LogP contribution in [0.3, 0.4) is 0 Å². The van der Waals surface area contributed by atoms with Crippen LogP contribution in [0, 0.1) is 12.7 Å². The Balaban J connectivity index is 2.08. The first-order chi connectivity index (χ1) is 11.7. The predicted octanol–water partition coefficient (Wildman–Crippen LogP) is 2.11. The van der Waals surface area contributed by atoms with E-state index in [4.69, 9.17) is 4.52 Å². The Morgan fingerprint density at radius 3 is 2.48 bits per heavy atom. The minimum Gasteiger partial charge on any atom is -0.356 e. The number of quaternary nitrogens is 1. The number of hydrogen-bond donors (Lipinski definition) is 2. The molecular formula is C19H27FN3O2+. The van der Waals surface area contributed by atoms with Crippen LogP contribution in [0.1, 0.15) is 39.0 Å². The summed E-state index contributed by atoms with van der Waals surface area (Å²) >= 11 is 0. The monoisotopic (exact) mass is 348 g/mol. The molecule has 136 valence electrons. The topological polar surface area (TPSA) is 59.6 Å². The van der Waals surface area contributed by atoms with Crippen LogP contribution in [0.25, 0.3) is 11.3 Å². The highest BCUT2D eigenvalue weighted by Crippen LogP contribution is 2.25. The van der Waals surface area contributed by atoms with Crippen molar-refractivity contribution >= 4 is 5.91 Å². The normalized spacial score (nSPS) is 12.9. The number of amides is 1. The summed E-state index contributed by atoms with van der Waals surface area (Å²) in [4.78, 5) is 13.3. The number of aromatic nitrogens is 1. The highest BCUT2D eigenvalue weighted by atomic mass is 19.1. The van der Waals surface area contributed by atoms with Crippen molar-refractivity contribution in [2.24, 2.45) is 0 Å². The van der Waals surface area contributed by atoms with Gasteiger partial charge in [0.05, 0.1) is 6.54 Å². The van der Waals surface area contributed by atoms with Crippen molar-refractivity contribution in [2.75, 3.05) is 13.1 Å². The van der Waals surface area contributed by atoms with E-state index < -0.39 is 0 Å². The first kappa shape index (κ1) is 19.1. The Bertz CT molecular complexity index is 717. The lowest BCUT2D eigenvalue weighted by atomic mass is 10.1. The minimum absolute atomic E-state index is 0.0178. The molecule has 0 saturated carbocycles. The molecular weight excluding hydrogens is 321 g/mol. The lowest BCUT2D eigenvalue weighted by molar-refractivity contribution is -0.904. The zero-order valence-electron chi connectivity index (χ0n) is 15.6. The van der Waals surface area contributed by atoms with Gasteiger partial charge in [-0.2, -0.15) is 0 Å². The summed E-state index contributed by atoms with van der Waals surface area (Å²) in [6.45, 7) is 11.7. The average Bonchev–Trinajstić information content (AvgIpc) is 2.86. The van der Waals surface area contributed by atoms with Crippen LogP contribution in [0.15, 0.2) is 28.8 Å². The molecule has 0 aliphatic carbocycles. The zero-order valence-corrected chi connectivity index (χ0v) is 15.6. The fourth-order valence-electron chi connectivity index (χ4n) is 2.64. The van der Waals surface area contributed by atoms with E-state index in [1.54, 1.807) is 12.1 Å². The van der Waals surface area contributed by atoms with Crippen LogP contribution in [0.5, 0.6) is 0 Å². The Morgan fingerprint density at radius 1 is 1.28 bits per heavy atom. The molecule has 6 heteroatoms. The third-order valence-electron chi connectivity index (χ3n) is 3.97. The van der Waals surface area contributed by atoms with Crippen molar-refractivity contribution in [2.45, 2.75) is 46.7 Å². The molecule has 25 heavy (non-hydrogen) atoms. The molecule has 0 fully saturated rings. The average molecular weight is 348 g/mol. The highest BCUT2D eigenvalue weighted by Gasteiger charge is 2.22. The summed E-state index contributed by atoms with van der Waals surface area (Å²) in [6, 6.07) is 6.15. The first-order valence-corrected chi connectivity index (χ1v) is 8.55. The van der Waals surface area contributed by atoms with Crippen LogP contribution in [0.4, 0.5) is 4.39 Å². The number of nitrogens with one attached hydrogen (secondary N) is 2. The lowest BCUT2D eigenvalue weighted by Crippen LogP contribution is -3.11. The Morgan fingerprint density at radius 2 is 1.92 bits per heavy atom. The molecule has 2 aromatic rings. The molecule has 0 spiro atoms. The maximum Gasteiger partial charge on any atom is 0.275 e. The summed E-state index contributed by atoms with van der Waals surface area (Å²) < 4.78 is 18.5. The Kier molecular flexibility index (Phi) is 5.95. The number of likely N-dealkylation sites (N-methyl/N-ethyl adjacent to an activating group) is 1. The van der Waals surface area contributed by atoms with Crippen LogP contribution in [-0.4, -0.2) is 29.7 Å². The molecule has 2 rings (SSSR count). The van der Waals surface area contributed by atoms with E-state index in [-0.39, 0.29) is 17.3 Å². The van der Waals surface area contributed by atoms with E-state index in [0.29, 0.717) is 18.8 Å². The molecule has 1 heterocycles. The fourth-order valence-corrected chi connectivity index (χ4v) is 2.64. The number of rotatable bonds is 6. The van der Waals surface area contributed by atoms with E-state index in [9.17, 15) is 9.18 Å². The van der Waals surface area contributed by atoms with Gasteiger partial charge < -0.3 is 14.7 Å². The maximum absolute atomic E-state index is 13.1. The van der Waals surface area contributed by atoms with Gasteiger partial charge in [-0.05, 0) is 58.9 Å². The number of nitrogens with zero attached hydrogens (tertiary/aromatic N) is 1. The van der Waals surface area contributed by atoms with Crippen LogP contribution >= 0.6 is 0 Å². The van der Waals surface area contributed by atoms with Gasteiger partial charge in [-0.15, -0.1) is 0 Å². The van der Waals surface area contributed by atoms with Gasteiger partial charge in [0.2, 0.25) is 0 Å². The van der Waals surface area contributed by atoms with Crippen molar-refractivity contribution < 1.29 is 18.6 Å². The molecule has 0 saturated heterocycles. The van der Waals surface area contributed by atoms with E-state index in [0.717, 1.165) is 28.3 Å². The van der Waals surface area contributed by atoms with Gasteiger partial charge in [0.1, 0.15) is 18.1 Å². The second kappa shape index (κ2) is 7.78. The number of halogens is 1. The van der Waals surface area contributed by atoms with E-state index in [1.165, 1.54) is 12.1 Å². The largest absolute Gasteiger partial charge is 0.356 e. The number of hydrogen-bond acceptors (Lipinski definition) is 3. The number of benzene rings is 1. The molecule has 0 aliphatic rings. The van der Waals surface area contributed by atoms with Crippen molar-refractivity contribution in [3.05, 3.63) is 41.3 Å². The van der Waals surface area contributed by atoms with Gasteiger partial charge in [0.15, 0.2) is 12.3 Å². The molecule has 1 aromatic carbocycles. The third-order valence-corrected chi connectivity index (χ3v) is 3.97. The molecule has 1 aromatic heterocycles. The summed E-state index contributed by atoms with van der Waals surface area (Å²) in [7, 11) is 0. The minimum atomic E-state index is -0.285. The molecule has 0 bridgehead atoms. The van der Waals surface area contributed by atoms with E-state index >= 15 is 0 Å².